The van der Waals surface area contributed by atoms with Crippen molar-refractivity contribution in [1.82, 2.24) is 0 Å². The van der Waals surface area contributed by atoms with Gasteiger partial charge in [0.2, 0.25) is 0 Å². The molecule has 0 aliphatic carbocycles. The Morgan fingerprint density at radius 1 is 1.33 bits per heavy atom. The van der Waals surface area contributed by atoms with E-state index in [0.29, 0.717) is 11.5 Å². The molecular formula is C10H21ClO6S. The van der Waals surface area contributed by atoms with Gasteiger partial charge in [0.25, 0.3) is 0 Å². The van der Waals surface area contributed by atoms with Crippen molar-refractivity contribution in [3.05, 3.63) is 0 Å². The molecule has 0 aromatic carbocycles. The Morgan fingerprint density at radius 2 is 1.94 bits per heavy atom. The molecule has 0 spiro atoms. The van der Waals surface area contributed by atoms with E-state index in [2.05, 4.69) is 0 Å². The van der Waals surface area contributed by atoms with Crippen LogP contribution < -0.4 is 12.4 Å². The minimum atomic E-state index is -0.939. The number of halogens is 1. The average molecular weight is 305 g/mol. The highest BCUT2D eigenvalue weighted by molar-refractivity contribution is 7.97. The molecular weight excluding hydrogens is 284 g/mol. The van der Waals surface area contributed by atoms with E-state index < -0.39 is 40.6 Å². The molecule has 1 aliphatic heterocycles. The van der Waals surface area contributed by atoms with E-state index in [1.807, 2.05) is 0 Å². The van der Waals surface area contributed by atoms with Crippen LogP contribution >= 0.6 is 0 Å². The van der Waals surface area contributed by atoms with Gasteiger partial charge < -0.3 is 42.7 Å². The van der Waals surface area contributed by atoms with Crippen LogP contribution in [-0.4, -0.2) is 87.0 Å². The van der Waals surface area contributed by atoms with Crippen LogP contribution in [-0.2, 0) is 15.6 Å². The summed E-state index contributed by atoms with van der Waals surface area (Å²) < 4.78 is 4.91. The molecule has 0 amide bonds. The van der Waals surface area contributed by atoms with Gasteiger partial charge in [0, 0.05) is 18.0 Å². The molecule has 1 rings (SSSR count). The minimum absolute atomic E-state index is 0. The summed E-state index contributed by atoms with van der Waals surface area (Å²) in [4.78, 5) is 0. The van der Waals surface area contributed by atoms with Gasteiger partial charge in [-0.3, -0.25) is 0 Å². The number of aliphatic hydroxyl groups excluding tert-OH is 5. The topological polar surface area (TPSA) is 110 Å². The minimum Gasteiger partial charge on any atom is -1.00 e. The Labute approximate surface area is 115 Å². The molecule has 1 aliphatic rings. The van der Waals surface area contributed by atoms with Gasteiger partial charge in [-0.15, -0.1) is 0 Å². The molecule has 0 aromatic heterocycles. The van der Waals surface area contributed by atoms with Crippen LogP contribution in [0.25, 0.3) is 0 Å². The Hall–Kier alpha value is 0.400. The number of aliphatic hydroxyl groups is 5. The predicted octanol–water partition coefficient (Wildman–Crippen LogP) is -5.93. The Bertz CT molecular complexity index is 230. The first-order chi connectivity index (χ1) is 8.04. The third-order valence-electron chi connectivity index (χ3n) is 3.06. The Kier molecular flexibility index (Phi) is 8.74. The molecule has 1 heterocycles. The van der Waals surface area contributed by atoms with E-state index in [4.69, 9.17) is 14.9 Å². The zero-order valence-electron chi connectivity index (χ0n) is 10.1. The molecule has 5 N–H and O–H groups in total. The molecule has 6 nitrogen and oxygen atoms in total. The van der Waals surface area contributed by atoms with Crippen molar-refractivity contribution < 1.29 is 42.7 Å². The maximum atomic E-state index is 9.83. The summed E-state index contributed by atoms with van der Waals surface area (Å²) in [5, 5.41) is 46.7. The predicted molar refractivity (Wildman–Crippen MR) is 63.9 cm³/mol. The van der Waals surface area contributed by atoms with Gasteiger partial charge in [-0.2, -0.15) is 0 Å². The average Bonchev–Trinajstić information content (AvgIpc) is 2.56. The molecule has 8 heteroatoms. The summed E-state index contributed by atoms with van der Waals surface area (Å²) in [5.74, 6) is 0.670. The van der Waals surface area contributed by atoms with E-state index in [-0.39, 0.29) is 25.6 Å². The zero-order chi connectivity index (χ0) is 13.0. The largest absolute Gasteiger partial charge is 1.00 e. The second kappa shape index (κ2) is 8.55. The second-order valence-electron chi connectivity index (χ2n) is 4.17. The van der Waals surface area contributed by atoms with Gasteiger partial charge in [-0.25, -0.2) is 0 Å². The first-order valence-electron chi connectivity index (χ1n) is 5.50. The lowest BCUT2D eigenvalue weighted by Crippen LogP contribution is -3.00. The fraction of sp³-hybridized carbons (Fsp3) is 1.00. The first kappa shape index (κ1) is 18.4. The molecule has 0 saturated carbocycles. The molecule has 0 radical (unpaired) electrons. The molecule has 0 aromatic rings. The standard InChI is InChI=1S/C10H21O6S.ClH/c1-16-8(2-11)6(13)4-17-5-7(14)10(15)9(17)3-12;/h6-15H,2-5H2,1H3;1H/q+1;/p-1/t6?,7-,8+,9-,10+,17?;/m1./s1. The smallest absolute Gasteiger partial charge is 0.169 e. The molecule has 2 unspecified atom stereocenters. The lowest BCUT2D eigenvalue weighted by molar-refractivity contribution is -0.0309. The van der Waals surface area contributed by atoms with Crippen molar-refractivity contribution in [1.29, 1.82) is 0 Å². The molecule has 18 heavy (non-hydrogen) atoms. The van der Waals surface area contributed by atoms with E-state index >= 15 is 0 Å². The van der Waals surface area contributed by atoms with Crippen molar-refractivity contribution in [2.24, 2.45) is 0 Å². The SMILES string of the molecule is CO[C@@H](CO)C(O)C[S+]1C[C@@H](O)[C@H](O)[C@H]1CO.[Cl-]. The summed E-state index contributed by atoms with van der Waals surface area (Å²) in [6.07, 6.45) is -3.32. The van der Waals surface area contributed by atoms with Crippen LogP contribution in [0.15, 0.2) is 0 Å². The number of rotatable bonds is 6. The highest BCUT2D eigenvalue weighted by Gasteiger charge is 2.50. The highest BCUT2D eigenvalue weighted by atomic mass is 35.5. The lowest BCUT2D eigenvalue weighted by Gasteiger charge is -2.20. The number of methoxy groups -OCH3 is 1. The van der Waals surface area contributed by atoms with Crippen LogP contribution in [0.3, 0.4) is 0 Å². The van der Waals surface area contributed by atoms with Crippen LogP contribution in [0.2, 0.25) is 0 Å². The summed E-state index contributed by atoms with van der Waals surface area (Å²) >= 11 is 0. The van der Waals surface area contributed by atoms with E-state index in [1.165, 1.54) is 7.11 Å². The maximum absolute atomic E-state index is 9.83. The summed E-state index contributed by atoms with van der Waals surface area (Å²) in [6, 6.07) is 0. The van der Waals surface area contributed by atoms with Gasteiger partial charge in [-0.05, 0) is 0 Å². The fourth-order valence-electron chi connectivity index (χ4n) is 1.97. The molecule has 1 saturated heterocycles. The monoisotopic (exact) mass is 304 g/mol. The molecule has 0 bridgehead atoms. The third kappa shape index (κ3) is 4.21. The Morgan fingerprint density at radius 3 is 2.39 bits per heavy atom. The molecule has 110 valence electrons. The van der Waals surface area contributed by atoms with Crippen LogP contribution in [0.5, 0.6) is 0 Å². The number of hydrogen-bond donors (Lipinski definition) is 5. The summed E-state index contributed by atoms with van der Waals surface area (Å²) in [5.41, 5.74) is 0. The van der Waals surface area contributed by atoms with Gasteiger partial charge in [-0.1, -0.05) is 0 Å². The van der Waals surface area contributed by atoms with Gasteiger partial charge in [0.15, 0.2) is 5.25 Å². The van der Waals surface area contributed by atoms with Crippen molar-refractivity contribution in [2.45, 2.75) is 29.7 Å². The quantitative estimate of drug-likeness (QED) is 0.313. The van der Waals surface area contributed by atoms with E-state index in [9.17, 15) is 15.3 Å². The van der Waals surface area contributed by atoms with Crippen molar-refractivity contribution in [3.8, 4) is 0 Å². The van der Waals surface area contributed by atoms with Crippen molar-refractivity contribution >= 4 is 10.9 Å². The number of hydrogen-bond acceptors (Lipinski definition) is 6. The third-order valence-corrected chi connectivity index (χ3v) is 5.89. The molecule has 6 atom stereocenters. The van der Waals surface area contributed by atoms with Gasteiger partial charge >= 0.3 is 0 Å². The van der Waals surface area contributed by atoms with Gasteiger partial charge in [0.1, 0.15) is 35.9 Å². The fourth-order valence-corrected chi connectivity index (χ4v) is 4.68. The molecule has 1 fully saturated rings. The number of ether oxygens (including phenoxy) is 1. The van der Waals surface area contributed by atoms with Crippen LogP contribution in [0, 0.1) is 0 Å². The lowest BCUT2D eigenvalue weighted by atomic mass is 10.2. The summed E-state index contributed by atoms with van der Waals surface area (Å²) in [7, 11) is 0.928. The van der Waals surface area contributed by atoms with E-state index in [1.54, 1.807) is 0 Å². The van der Waals surface area contributed by atoms with Crippen molar-refractivity contribution in [2.75, 3.05) is 31.8 Å². The highest BCUT2D eigenvalue weighted by Crippen LogP contribution is 2.25. The first-order valence-corrected chi connectivity index (χ1v) is 7.12. The maximum Gasteiger partial charge on any atom is 0.169 e. The Balaban J connectivity index is 0.00000289. The second-order valence-corrected chi connectivity index (χ2v) is 6.52. The van der Waals surface area contributed by atoms with Crippen LogP contribution in [0.1, 0.15) is 0 Å². The zero-order valence-corrected chi connectivity index (χ0v) is 11.7. The van der Waals surface area contributed by atoms with E-state index in [0.717, 1.165) is 0 Å². The van der Waals surface area contributed by atoms with Gasteiger partial charge in [0.05, 0.1) is 13.2 Å². The van der Waals surface area contributed by atoms with Crippen LogP contribution in [0.4, 0.5) is 0 Å². The summed E-state index contributed by atoms with van der Waals surface area (Å²) in [6.45, 7) is -0.505. The van der Waals surface area contributed by atoms with Crippen molar-refractivity contribution in [3.63, 3.8) is 0 Å². The normalized spacial score (nSPS) is 35.0.